The van der Waals surface area contributed by atoms with Crippen LogP contribution in [0.3, 0.4) is 0 Å². The molecular weight excluding hydrogens is 558 g/mol. The minimum atomic E-state index is -3.84. The molecule has 1 atom stereocenters. The number of nitrogens with zero attached hydrogens (tertiary/aromatic N) is 1. The molecule has 42 heavy (non-hydrogen) atoms. The van der Waals surface area contributed by atoms with Gasteiger partial charge in [0.25, 0.3) is 21.8 Å². The van der Waals surface area contributed by atoms with Crippen molar-refractivity contribution >= 4 is 33.2 Å². The first-order valence-corrected chi connectivity index (χ1v) is 14.6. The zero-order valence-corrected chi connectivity index (χ0v) is 23.5. The fraction of sp³-hybridized carbons (Fsp3) is 0.161. The number of hydrogen-bond acceptors (Lipinski definition) is 7. The van der Waals surface area contributed by atoms with Gasteiger partial charge in [-0.05, 0) is 66.2 Å². The van der Waals surface area contributed by atoms with E-state index in [2.05, 4.69) is 10.0 Å². The van der Waals surface area contributed by atoms with Crippen LogP contribution in [0.25, 0.3) is 0 Å². The second-order valence-corrected chi connectivity index (χ2v) is 11.1. The second-order valence-electron chi connectivity index (χ2n) is 9.38. The van der Waals surface area contributed by atoms with E-state index in [0.29, 0.717) is 35.2 Å². The summed E-state index contributed by atoms with van der Waals surface area (Å²) in [7, 11) is -2.31. The first-order chi connectivity index (χ1) is 20.3. The molecule has 0 aliphatic carbocycles. The average molecular weight is 588 g/mol. The molecule has 4 aromatic carbocycles. The molecule has 5 rings (SSSR count). The van der Waals surface area contributed by atoms with Crippen LogP contribution in [0.5, 0.6) is 17.2 Å². The van der Waals surface area contributed by atoms with Gasteiger partial charge >= 0.3 is 0 Å². The second kappa shape index (κ2) is 12.6. The highest BCUT2D eigenvalue weighted by atomic mass is 32.2. The van der Waals surface area contributed by atoms with E-state index in [1.165, 1.54) is 36.3 Å². The largest absolute Gasteiger partial charge is 0.497 e. The molecular formula is C31H29N3O7S. The number of rotatable bonds is 10. The number of ether oxygens (including phenoxy) is 3. The Labute approximate surface area is 243 Å². The minimum absolute atomic E-state index is 0.00798. The Hall–Kier alpha value is -5.03. The van der Waals surface area contributed by atoms with Crippen molar-refractivity contribution in [3.63, 3.8) is 0 Å². The van der Waals surface area contributed by atoms with Crippen molar-refractivity contribution < 1.29 is 32.2 Å². The van der Waals surface area contributed by atoms with Crippen LogP contribution in [0, 0.1) is 0 Å². The normalized spacial score (nSPS) is 14.2. The molecule has 11 heteroatoms. The summed E-state index contributed by atoms with van der Waals surface area (Å²) in [4.78, 5) is 27.7. The number of carbonyl (C=O) groups is 2. The van der Waals surface area contributed by atoms with Gasteiger partial charge in [-0.3, -0.25) is 14.3 Å². The molecule has 2 N–H and O–H groups in total. The van der Waals surface area contributed by atoms with E-state index in [9.17, 15) is 18.0 Å². The Balaban J connectivity index is 1.21. The number of para-hydroxylation sites is 2. The number of carbonyl (C=O) groups excluding carboxylic acids is 2. The molecule has 0 unspecified atom stereocenters. The van der Waals surface area contributed by atoms with Crippen molar-refractivity contribution in [3.05, 3.63) is 109 Å². The van der Waals surface area contributed by atoms with Gasteiger partial charge in [0.1, 0.15) is 17.2 Å². The fourth-order valence-corrected chi connectivity index (χ4v) is 5.38. The topological polar surface area (TPSA) is 123 Å². The van der Waals surface area contributed by atoms with Crippen molar-refractivity contribution in [2.24, 2.45) is 0 Å². The molecule has 1 aliphatic rings. The number of amides is 2. The van der Waals surface area contributed by atoms with Gasteiger partial charge in [0, 0.05) is 12.2 Å². The number of hydrogen-bond donors (Lipinski definition) is 2. The lowest BCUT2D eigenvalue weighted by Gasteiger charge is -2.34. The highest BCUT2D eigenvalue weighted by molar-refractivity contribution is 7.92. The lowest BCUT2D eigenvalue weighted by Crippen LogP contribution is -2.51. The highest BCUT2D eigenvalue weighted by Crippen LogP contribution is 2.33. The van der Waals surface area contributed by atoms with Crippen molar-refractivity contribution in [3.8, 4) is 17.2 Å². The average Bonchev–Trinajstić information content (AvgIpc) is 3.02. The number of benzene rings is 4. The predicted octanol–water partition coefficient (Wildman–Crippen LogP) is 3.99. The smallest absolute Gasteiger partial charge is 0.265 e. The third kappa shape index (κ3) is 6.81. The summed E-state index contributed by atoms with van der Waals surface area (Å²) >= 11 is 0. The van der Waals surface area contributed by atoms with Gasteiger partial charge in [0.15, 0.2) is 12.7 Å². The quantitative estimate of drug-likeness (QED) is 0.288. The van der Waals surface area contributed by atoms with E-state index in [0.717, 1.165) is 5.56 Å². The molecule has 0 saturated carbocycles. The maximum atomic E-state index is 13.3. The van der Waals surface area contributed by atoms with E-state index < -0.39 is 16.1 Å². The summed E-state index contributed by atoms with van der Waals surface area (Å²) in [6, 6.07) is 28.7. The van der Waals surface area contributed by atoms with Crippen LogP contribution >= 0.6 is 0 Å². The molecule has 0 fully saturated rings. The van der Waals surface area contributed by atoms with Crippen LogP contribution in [0.2, 0.25) is 0 Å². The van der Waals surface area contributed by atoms with E-state index >= 15 is 0 Å². The highest BCUT2D eigenvalue weighted by Gasteiger charge is 2.33. The molecule has 0 bridgehead atoms. The number of methoxy groups -OCH3 is 1. The molecule has 0 spiro atoms. The Kier molecular flexibility index (Phi) is 8.58. The SMILES string of the molecule is COc1ccc(NS(=O)(=O)c2ccc(OCC(=O)N3C[C@H](C(=O)NCc4ccccc4)Oc4ccccc43)cc2)cc1. The summed E-state index contributed by atoms with van der Waals surface area (Å²) in [6.45, 7) is 0.0104. The molecule has 216 valence electrons. The molecule has 10 nitrogen and oxygen atoms in total. The monoisotopic (exact) mass is 587 g/mol. The molecule has 1 heterocycles. The van der Waals surface area contributed by atoms with Crippen LogP contribution < -0.4 is 29.1 Å². The number of anilines is 2. The summed E-state index contributed by atoms with van der Waals surface area (Å²) in [5, 5.41) is 2.86. The summed E-state index contributed by atoms with van der Waals surface area (Å²) in [6.07, 6.45) is -0.907. The van der Waals surface area contributed by atoms with Crippen molar-refractivity contribution in [1.82, 2.24) is 5.32 Å². The zero-order valence-electron chi connectivity index (χ0n) is 22.7. The Morgan fingerprint density at radius 2 is 1.55 bits per heavy atom. The first-order valence-electron chi connectivity index (χ1n) is 13.1. The third-order valence-electron chi connectivity index (χ3n) is 6.52. The molecule has 4 aromatic rings. The van der Waals surface area contributed by atoms with Gasteiger partial charge in [0.2, 0.25) is 0 Å². The Morgan fingerprint density at radius 1 is 0.881 bits per heavy atom. The van der Waals surface area contributed by atoms with Crippen molar-refractivity contribution in [2.45, 2.75) is 17.5 Å². The van der Waals surface area contributed by atoms with Gasteiger partial charge in [-0.15, -0.1) is 0 Å². The van der Waals surface area contributed by atoms with Crippen molar-refractivity contribution in [1.29, 1.82) is 0 Å². The Morgan fingerprint density at radius 3 is 2.26 bits per heavy atom. The van der Waals surface area contributed by atoms with Gasteiger partial charge in [0.05, 0.1) is 24.2 Å². The minimum Gasteiger partial charge on any atom is -0.497 e. The van der Waals surface area contributed by atoms with Gasteiger partial charge in [-0.25, -0.2) is 8.42 Å². The molecule has 0 aromatic heterocycles. The standard InChI is InChI=1S/C31H29N3O7S/c1-39-24-13-11-23(12-14-24)33-42(37,38)26-17-15-25(16-18-26)40-21-30(35)34-20-29(41-28-10-6-5-9-27(28)34)31(36)32-19-22-7-3-2-4-8-22/h2-18,29,33H,19-21H2,1H3,(H,32,36)/t29-/m1/s1. The summed E-state index contributed by atoms with van der Waals surface area (Å²) in [5.74, 6) is 0.606. The molecule has 2 amide bonds. The van der Waals surface area contributed by atoms with Gasteiger partial charge in [-0.2, -0.15) is 0 Å². The lowest BCUT2D eigenvalue weighted by atomic mass is 10.1. The maximum absolute atomic E-state index is 13.3. The van der Waals surface area contributed by atoms with Crippen LogP contribution in [-0.4, -0.2) is 46.6 Å². The van der Waals surface area contributed by atoms with E-state index in [-0.39, 0.29) is 29.9 Å². The fourth-order valence-electron chi connectivity index (χ4n) is 4.32. The van der Waals surface area contributed by atoms with Gasteiger partial charge < -0.3 is 24.4 Å². The van der Waals surface area contributed by atoms with Gasteiger partial charge in [-0.1, -0.05) is 42.5 Å². The molecule has 1 aliphatic heterocycles. The van der Waals surface area contributed by atoms with Crippen molar-refractivity contribution in [2.75, 3.05) is 29.9 Å². The number of nitrogens with one attached hydrogen (secondary N) is 2. The van der Waals surface area contributed by atoms with Crippen LogP contribution in [-0.2, 0) is 26.2 Å². The lowest BCUT2D eigenvalue weighted by molar-refractivity contribution is -0.128. The van der Waals surface area contributed by atoms with E-state index in [1.54, 1.807) is 48.5 Å². The number of fused-ring (bicyclic) bond motifs is 1. The summed E-state index contributed by atoms with van der Waals surface area (Å²) in [5.41, 5.74) is 1.86. The zero-order chi connectivity index (χ0) is 29.5. The van der Waals surface area contributed by atoms with E-state index in [1.807, 2.05) is 30.3 Å². The molecule has 0 radical (unpaired) electrons. The third-order valence-corrected chi connectivity index (χ3v) is 7.91. The number of sulfonamides is 1. The van der Waals surface area contributed by atoms with Crippen LogP contribution in [0.1, 0.15) is 5.56 Å². The first kappa shape index (κ1) is 28.5. The maximum Gasteiger partial charge on any atom is 0.265 e. The summed E-state index contributed by atoms with van der Waals surface area (Å²) < 4.78 is 44.8. The van der Waals surface area contributed by atoms with E-state index in [4.69, 9.17) is 14.2 Å². The predicted molar refractivity (Wildman–Crippen MR) is 157 cm³/mol. The Bertz CT molecular complexity index is 1640. The van der Waals surface area contributed by atoms with Crippen LogP contribution in [0.4, 0.5) is 11.4 Å². The van der Waals surface area contributed by atoms with Crippen LogP contribution in [0.15, 0.2) is 108 Å². The molecule has 0 saturated heterocycles.